The Balaban J connectivity index is 2.45. The Morgan fingerprint density at radius 2 is 1.87 bits per heavy atom. The molecule has 0 saturated heterocycles. The summed E-state index contributed by atoms with van der Waals surface area (Å²) in [6, 6.07) is 7.72. The summed E-state index contributed by atoms with van der Waals surface area (Å²) in [7, 11) is 0. The van der Waals surface area contributed by atoms with Crippen molar-refractivity contribution >= 4 is 11.5 Å². The quantitative estimate of drug-likeness (QED) is 0.673. The molecule has 1 atom stereocenters. The lowest BCUT2D eigenvalue weighted by molar-refractivity contribution is 0.162. The van der Waals surface area contributed by atoms with Crippen molar-refractivity contribution in [1.82, 2.24) is 0 Å². The molecule has 0 saturated carbocycles. The molecule has 1 heterocycles. The first-order valence-corrected chi connectivity index (χ1v) is 4.90. The summed E-state index contributed by atoms with van der Waals surface area (Å²) in [5, 5.41) is 11.5. The zero-order valence-corrected chi connectivity index (χ0v) is 8.05. The number of aliphatic hydroxyl groups is 1. The number of hydrogen-bond acceptors (Lipinski definition) is 2. The van der Waals surface area contributed by atoms with Crippen LogP contribution in [0.15, 0.2) is 48.6 Å². The Hall–Kier alpha value is -1.96. The topological polar surface area (TPSA) is 29.5 Å². The first kappa shape index (κ1) is 8.36. The number of hydrogen-bond donors (Lipinski definition) is 1. The van der Waals surface area contributed by atoms with E-state index in [-0.39, 0.29) is 12.0 Å². The number of aliphatic hydroxyl groups excluding tert-OH is 1. The maximum Gasteiger partial charge on any atom is 0.285 e. The van der Waals surface area contributed by atoms with E-state index in [2.05, 4.69) is 0 Å². The van der Waals surface area contributed by atoms with Crippen LogP contribution in [0.2, 0.25) is 0 Å². The fourth-order valence-corrected chi connectivity index (χ4v) is 1.97. The van der Waals surface area contributed by atoms with Crippen molar-refractivity contribution in [2.75, 3.05) is 0 Å². The van der Waals surface area contributed by atoms with Gasteiger partial charge in [0.05, 0.1) is 5.22 Å². The second-order valence-corrected chi connectivity index (χ2v) is 3.59. The number of rotatable bonds is 0. The van der Waals surface area contributed by atoms with Crippen LogP contribution in [-0.2, 0) is 4.74 Å². The average molecular weight is 198 g/mol. The molecule has 2 aliphatic rings. The minimum Gasteiger partial charge on any atom is -0.481 e. The van der Waals surface area contributed by atoms with E-state index in [0.29, 0.717) is 0 Å². The predicted octanol–water partition coefficient (Wildman–Crippen LogP) is 0.986. The van der Waals surface area contributed by atoms with Gasteiger partial charge in [0.2, 0.25) is 0 Å². The monoisotopic (exact) mass is 198 g/mol. The molecule has 1 aromatic carbocycles. The molecule has 0 fully saturated rings. The van der Waals surface area contributed by atoms with Gasteiger partial charge in [-0.25, -0.2) is 0 Å². The number of allylic oxidation sites excluding steroid dienone is 2. The second-order valence-electron chi connectivity index (χ2n) is 3.59. The molecule has 1 N–H and O–H groups in total. The molecule has 1 aromatic rings. The maximum atomic E-state index is 9.72. The molecular weight excluding hydrogens is 188 g/mol. The molecule has 0 aromatic heterocycles. The summed E-state index contributed by atoms with van der Waals surface area (Å²) in [4.78, 5) is 0. The minimum absolute atomic E-state index is 0.0132. The average Bonchev–Trinajstić information content (AvgIpc) is 2.30. The third-order valence-corrected chi connectivity index (χ3v) is 2.69. The third-order valence-electron chi connectivity index (χ3n) is 2.69. The lowest BCUT2D eigenvalue weighted by atomic mass is 9.99. The standard InChI is InChI=1S/C13H10O2/c14-13-11-7-2-1-5-9(11)10-6-3-4-8-12(10)15-13/h1-8,12,14H. The van der Waals surface area contributed by atoms with Crippen molar-refractivity contribution < 1.29 is 9.84 Å². The smallest absolute Gasteiger partial charge is 0.285 e. The molecule has 2 nitrogen and oxygen atoms in total. The molecular formula is C13H10O2. The van der Waals surface area contributed by atoms with E-state index in [0.717, 1.165) is 16.0 Å². The molecule has 0 radical (unpaired) electrons. The molecule has 1 unspecified atom stereocenters. The lowest BCUT2D eigenvalue weighted by Crippen LogP contribution is -2.38. The van der Waals surface area contributed by atoms with E-state index in [4.69, 9.17) is 4.74 Å². The Labute approximate surface area is 87.1 Å². The highest BCUT2D eigenvalue weighted by molar-refractivity contribution is 5.68. The van der Waals surface area contributed by atoms with Crippen LogP contribution in [0, 0.1) is 0 Å². The summed E-state index contributed by atoms with van der Waals surface area (Å²) in [6.07, 6.45) is 7.71. The number of fused-ring (bicyclic) bond motifs is 2. The van der Waals surface area contributed by atoms with Crippen molar-refractivity contribution in [2.24, 2.45) is 0 Å². The van der Waals surface area contributed by atoms with Gasteiger partial charge in [0.25, 0.3) is 5.95 Å². The maximum absolute atomic E-state index is 9.72. The molecule has 74 valence electrons. The number of benzene rings is 1. The Bertz CT molecular complexity index is 579. The summed E-state index contributed by atoms with van der Waals surface area (Å²) >= 11 is 0. The first-order valence-electron chi connectivity index (χ1n) is 4.90. The van der Waals surface area contributed by atoms with E-state index in [1.165, 1.54) is 0 Å². The normalized spacial score (nSPS) is 22.0. The molecule has 0 bridgehead atoms. The van der Waals surface area contributed by atoms with Crippen LogP contribution >= 0.6 is 0 Å². The SMILES string of the molecule is OC1=c2ccccc2=C2C=CC=CC2O1. The van der Waals surface area contributed by atoms with Gasteiger partial charge in [-0.15, -0.1) is 0 Å². The molecule has 1 aliphatic heterocycles. The van der Waals surface area contributed by atoms with Gasteiger partial charge >= 0.3 is 0 Å². The van der Waals surface area contributed by atoms with Crippen molar-refractivity contribution in [3.05, 3.63) is 59.0 Å². The lowest BCUT2D eigenvalue weighted by Gasteiger charge is -2.22. The van der Waals surface area contributed by atoms with Crippen LogP contribution in [0.25, 0.3) is 11.5 Å². The summed E-state index contributed by atoms with van der Waals surface area (Å²) in [5.74, 6) is 0.0132. The fraction of sp³-hybridized carbons (Fsp3) is 0.0769. The van der Waals surface area contributed by atoms with Crippen LogP contribution in [0.5, 0.6) is 0 Å². The van der Waals surface area contributed by atoms with E-state index in [1.807, 2.05) is 48.6 Å². The Morgan fingerprint density at radius 3 is 2.73 bits per heavy atom. The van der Waals surface area contributed by atoms with Crippen LogP contribution in [0.4, 0.5) is 0 Å². The Morgan fingerprint density at radius 1 is 1.07 bits per heavy atom. The van der Waals surface area contributed by atoms with E-state index < -0.39 is 0 Å². The first-order chi connectivity index (χ1) is 7.36. The van der Waals surface area contributed by atoms with Gasteiger partial charge < -0.3 is 9.84 Å². The van der Waals surface area contributed by atoms with E-state index >= 15 is 0 Å². The second kappa shape index (κ2) is 3.02. The van der Waals surface area contributed by atoms with Crippen LogP contribution < -0.4 is 10.4 Å². The van der Waals surface area contributed by atoms with Gasteiger partial charge in [0.15, 0.2) is 0 Å². The van der Waals surface area contributed by atoms with Gasteiger partial charge in [0.1, 0.15) is 6.10 Å². The summed E-state index contributed by atoms with van der Waals surface area (Å²) < 4.78 is 5.41. The van der Waals surface area contributed by atoms with Gasteiger partial charge in [-0.1, -0.05) is 36.4 Å². The highest BCUT2D eigenvalue weighted by Gasteiger charge is 2.19. The molecule has 15 heavy (non-hydrogen) atoms. The molecule has 0 amide bonds. The molecule has 0 spiro atoms. The van der Waals surface area contributed by atoms with Crippen LogP contribution in [-0.4, -0.2) is 11.2 Å². The molecule has 1 aliphatic carbocycles. The van der Waals surface area contributed by atoms with E-state index in [1.54, 1.807) is 0 Å². The van der Waals surface area contributed by atoms with Crippen molar-refractivity contribution in [3.63, 3.8) is 0 Å². The van der Waals surface area contributed by atoms with Gasteiger partial charge in [-0.3, -0.25) is 0 Å². The van der Waals surface area contributed by atoms with Gasteiger partial charge in [-0.05, 0) is 17.4 Å². The highest BCUT2D eigenvalue weighted by atomic mass is 16.6. The van der Waals surface area contributed by atoms with Crippen LogP contribution in [0.1, 0.15) is 0 Å². The zero-order valence-electron chi connectivity index (χ0n) is 8.05. The summed E-state index contributed by atoms with van der Waals surface area (Å²) in [6.45, 7) is 0. The largest absolute Gasteiger partial charge is 0.481 e. The minimum atomic E-state index is -0.148. The van der Waals surface area contributed by atoms with Crippen molar-refractivity contribution in [1.29, 1.82) is 0 Å². The van der Waals surface area contributed by atoms with E-state index in [9.17, 15) is 5.11 Å². The molecule has 2 heteroatoms. The summed E-state index contributed by atoms with van der Waals surface area (Å²) in [5.41, 5.74) is 1.10. The van der Waals surface area contributed by atoms with Crippen molar-refractivity contribution in [3.8, 4) is 0 Å². The third kappa shape index (κ3) is 1.18. The zero-order chi connectivity index (χ0) is 10.3. The van der Waals surface area contributed by atoms with Gasteiger partial charge in [-0.2, -0.15) is 0 Å². The highest BCUT2D eigenvalue weighted by Crippen LogP contribution is 2.18. The van der Waals surface area contributed by atoms with Gasteiger partial charge in [0, 0.05) is 5.57 Å². The Kier molecular flexibility index (Phi) is 1.68. The number of ether oxygens (including phenoxy) is 1. The predicted molar refractivity (Wildman–Crippen MR) is 58.3 cm³/mol. The fourth-order valence-electron chi connectivity index (χ4n) is 1.97. The molecule has 3 rings (SSSR count). The van der Waals surface area contributed by atoms with Crippen LogP contribution in [0.3, 0.4) is 0 Å². The van der Waals surface area contributed by atoms with Crippen molar-refractivity contribution in [2.45, 2.75) is 6.10 Å².